The molecule has 1 amide bonds. The van der Waals surface area contributed by atoms with Crippen LogP contribution in [0.2, 0.25) is 0 Å². The topological polar surface area (TPSA) is 103 Å². The molecule has 7 nitrogen and oxygen atoms in total. The van der Waals surface area contributed by atoms with Crippen molar-refractivity contribution in [2.75, 3.05) is 18.7 Å². The monoisotopic (exact) mass is 443 g/mol. The van der Waals surface area contributed by atoms with Crippen LogP contribution in [0, 0.1) is 6.92 Å². The minimum Gasteiger partial charge on any atom is -0.496 e. The standard InChI is InChI=1S/C23H25NO6S/c1-5-6-17-20(29-3)10-8-16-12-18(23(26)30-21(16)17)22(25)24-19-9-7-15(11-14(19)2)13-31(4,27)28/h7-12H,5-6,13H2,1-4H3,(H,24,25). The van der Waals surface area contributed by atoms with E-state index in [4.69, 9.17) is 9.15 Å². The minimum atomic E-state index is -3.16. The van der Waals surface area contributed by atoms with Crippen LogP contribution in [0.5, 0.6) is 5.75 Å². The fourth-order valence-electron chi connectivity index (χ4n) is 3.51. The highest BCUT2D eigenvalue weighted by atomic mass is 32.2. The number of anilines is 1. The van der Waals surface area contributed by atoms with Gasteiger partial charge in [-0.15, -0.1) is 0 Å². The predicted molar refractivity (Wildman–Crippen MR) is 121 cm³/mol. The molecule has 0 atom stereocenters. The van der Waals surface area contributed by atoms with Crippen LogP contribution in [-0.2, 0) is 22.0 Å². The van der Waals surface area contributed by atoms with Crippen LogP contribution < -0.4 is 15.7 Å². The van der Waals surface area contributed by atoms with Crippen molar-refractivity contribution in [1.82, 2.24) is 0 Å². The van der Waals surface area contributed by atoms with Gasteiger partial charge in [0.15, 0.2) is 9.84 Å². The lowest BCUT2D eigenvalue weighted by Gasteiger charge is -2.12. The first-order chi connectivity index (χ1) is 14.6. The first-order valence-corrected chi connectivity index (χ1v) is 11.9. The predicted octanol–water partition coefficient (Wildman–Crippen LogP) is 3.86. The molecule has 0 aliphatic carbocycles. The van der Waals surface area contributed by atoms with E-state index < -0.39 is 21.4 Å². The second-order valence-electron chi connectivity index (χ2n) is 7.54. The van der Waals surface area contributed by atoms with Crippen molar-refractivity contribution in [2.24, 2.45) is 0 Å². The fraction of sp³-hybridized carbons (Fsp3) is 0.304. The molecule has 1 N–H and O–H groups in total. The van der Waals surface area contributed by atoms with Crippen LogP contribution >= 0.6 is 0 Å². The van der Waals surface area contributed by atoms with Crippen LogP contribution in [0.1, 0.15) is 40.4 Å². The molecule has 0 aliphatic heterocycles. The molecule has 0 saturated carbocycles. The van der Waals surface area contributed by atoms with Gasteiger partial charge in [-0.25, -0.2) is 13.2 Å². The summed E-state index contributed by atoms with van der Waals surface area (Å²) in [5.74, 6) is -0.0399. The smallest absolute Gasteiger partial charge is 0.349 e. The summed E-state index contributed by atoms with van der Waals surface area (Å²) in [6.07, 6.45) is 2.68. The SMILES string of the molecule is CCCc1c(OC)ccc2cc(C(=O)Nc3ccc(CS(C)(=O)=O)cc3C)c(=O)oc12. The van der Waals surface area contributed by atoms with Crippen molar-refractivity contribution < 1.29 is 22.4 Å². The number of hydrogen-bond donors (Lipinski definition) is 1. The van der Waals surface area contributed by atoms with Crippen molar-refractivity contribution in [1.29, 1.82) is 0 Å². The van der Waals surface area contributed by atoms with Crippen LogP contribution in [0.3, 0.4) is 0 Å². The van der Waals surface area contributed by atoms with Gasteiger partial charge in [-0.3, -0.25) is 4.79 Å². The second kappa shape index (κ2) is 8.93. The molecule has 8 heteroatoms. The van der Waals surface area contributed by atoms with Gasteiger partial charge >= 0.3 is 5.63 Å². The van der Waals surface area contributed by atoms with Crippen LogP contribution in [0.25, 0.3) is 11.0 Å². The summed E-state index contributed by atoms with van der Waals surface area (Å²) in [4.78, 5) is 25.4. The molecule has 0 fully saturated rings. The fourth-order valence-corrected chi connectivity index (χ4v) is 4.29. The Kier molecular flexibility index (Phi) is 6.50. The number of aryl methyl sites for hydroxylation is 2. The highest BCUT2D eigenvalue weighted by Gasteiger charge is 2.18. The van der Waals surface area contributed by atoms with Crippen molar-refractivity contribution >= 4 is 32.4 Å². The van der Waals surface area contributed by atoms with E-state index in [1.54, 1.807) is 44.4 Å². The Balaban J connectivity index is 1.94. The van der Waals surface area contributed by atoms with Gasteiger partial charge in [-0.05, 0) is 48.7 Å². The molecule has 3 rings (SSSR count). The summed E-state index contributed by atoms with van der Waals surface area (Å²) >= 11 is 0. The van der Waals surface area contributed by atoms with Crippen LogP contribution in [0.15, 0.2) is 45.6 Å². The van der Waals surface area contributed by atoms with Gasteiger partial charge in [0.25, 0.3) is 5.91 Å². The molecule has 31 heavy (non-hydrogen) atoms. The van der Waals surface area contributed by atoms with Crippen molar-refractivity contribution in [3.05, 3.63) is 69.1 Å². The third-order valence-corrected chi connectivity index (χ3v) is 5.75. The molecule has 2 aromatic carbocycles. The normalized spacial score (nSPS) is 11.5. The second-order valence-corrected chi connectivity index (χ2v) is 9.68. The van der Waals surface area contributed by atoms with Gasteiger partial charge in [-0.1, -0.05) is 25.5 Å². The third-order valence-electron chi connectivity index (χ3n) is 4.89. The Morgan fingerprint density at radius 3 is 2.52 bits per heavy atom. The highest BCUT2D eigenvalue weighted by Crippen LogP contribution is 2.29. The lowest BCUT2D eigenvalue weighted by Crippen LogP contribution is -2.21. The number of carbonyl (C=O) groups excluding carboxylic acids is 1. The zero-order valence-electron chi connectivity index (χ0n) is 17.9. The van der Waals surface area contributed by atoms with Gasteiger partial charge in [-0.2, -0.15) is 0 Å². The zero-order chi connectivity index (χ0) is 22.8. The lowest BCUT2D eigenvalue weighted by molar-refractivity contribution is 0.102. The molecule has 0 unspecified atom stereocenters. The summed E-state index contributed by atoms with van der Waals surface area (Å²) in [6.45, 7) is 3.77. The number of hydrogen-bond acceptors (Lipinski definition) is 6. The number of methoxy groups -OCH3 is 1. The highest BCUT2D eigenvalue weighted by molar-refractivity contribution is 7.89. The number of amides is 1. The molecule has 1 heterocycles. The number of fused-ring (bicyclic) bond motifs is 1. The van der Waals surface area contributed by atoms with Gasteiger partial charge in [0.1, 0.15) is 16.9 Å². The first-order valence-electron chi connectivity index (χ1n) is 9.85. The molecule has 0 aliphatic rings. The Morgan fingerprint density at radius 1 is 1.16 bits per heavy atom. The average molecular weight is 444 g/mol. The minimum absolute atomic E-state index is 0.0834. The summed E-state index contributed by atoms with van der Waals surface area (Å²) in [7, 11) is -1.60. The molecule has 0 saturated heterocycles. The van der Waals surface area contributed by atoms with E-state index in [0.29, 0.717) is 40.0 Å². The molecular formula is C23H25NO6S. The quantitative estimate of drug-likeness (QED) is 0.556. The number of sulfone groups is 1. The van der Waals surface area contributed by atoms with E-state index in [2.05, 4.69) is 5.32 Å². The Morgan fingerprint density at radius 2 is 1.90 bits per heavy atom. The number of nitrogens with one attached hydrogen (secondary N) is 1. The van der Waals surface area contributed by atoms with Crippen molar-refractivity contribution in [2.45, 2.75) is 32.4 Å². The lowest BCUT2D eigenvalue weighted by atomic mass is 10.0. The summed E-state index contributed by atoms with van der Waals surface area (Å²) < 4.78 is 33.9. The number of carbonyl (C=O) groups is 1. The molecule has 1 aromatic heterocycles. The van der Waals surface area contributed by atoms with Crippen LogP contribution in [-0.4, -0.2) is 27.7 Å². The van der Waals surface area contributed by atoms with E-state index in [1.807, 2.05) is 6.92 Å². The molecule has 0 spiro atoms. The molecular weight excluding hydrogens is 418 g/mol. The van der Waals surface area contributed by atoms with E-state index in [-0.39, 0.29) is 11.3 Å². The summed E-state index contributed by atoms with van der Waals surface area (Å²) in [6, 6.07) is 10.0. The number of rotatable bonds is 7. The number of ether oxygens (including phenoxy) is 1. The van der Waals surface area contributed by atoms with Gasteiger partial charge in [0.05, 0.1) is 12.9 Å². The maximum Gasteiger partial charge on any atom is 0.349 e. The van der Waals surface area contributed by atoms with Gasteiger partial charge in [0.2, 0.25) is 0 Å². The van der Waals surface area contributed by atoms with E-state index in [0.717, 1.165) is 12.0 Å². The Labute approximate surface area is 181 Å². The van der Waals surface area contributed by atoms with Crippen molar-refractivity contribution in [3.63, 3.8) is 0 Å². The van der Waals surface area contributed by atoms with Crippen LogP contribution in [0.4, 0.5) is 5.69 Å². The summed E-state index contributed by atoms with van der Waals surface area (Å²) in [5.41, 5.74) is 2.17. The maximum atomic E-state index is 12.8. The molecule has 3 aromatic rings. The van der Waals surface area contributed by atoms with E-state index in [9.17, 15) is 18.0 Å². The maximum absolute atomic E-state index is 12.8. The number of benzene rings is 2. The largest absolute Gasteiger partial charge is 0.496 e. The average Bonchev–Trinajstić information content (AvgIpc) is 2.69. The Hall–Kier alpha value is -3.13. The van der Waals surface area contributed by atoms with Crippen molar-refractivity contribution in [3.8, 4) is 5.75 Å². The van der Waals surface area contributed by atoms with E-state index >= 15 is 0 Å². The molecule has 164 valence electrons. The molecule has 0 bridgehead atoms. The van der Waals surface area contributed by atoms with Gasteiger partial charge < -0.3 is 14.5 Å². The zero-order valence-corrected chi connectivity index (χ0v) is 18.8. The Bertz CT molecular complexity index is 1310. The molecule has 0 radical (unpaired) electrons. The first kappa shape index (κ1) is 22.6. The summed E-state index contributed by atoms with van der Waals surface area (Å²) in [5, 5.41) is 3.34. The van der Waals surface area contributed by atoms with Gasteiger partial charge in [0, 0.05) is 22.9 Å². The third kappa shape index (κ3) is 5.14. The van der Waals surface area contributed by atoms with E-state index in [1.165, 1.54) is 12.3 Å².